The van der Waals surface area contributed by atoms with Crippen LogP contribution in [-0.4, -0.2) is 15.6 Å². The molecule has 1 heterocycles. The van der Waals surface area contributed by atoms with Crippen molar-refractivity contribution in [1.29, 1.82) is 0 Å². The van der Waals surface area contributed by atoms with Gasteiger partial charge in [0.05, 0.1) is 0 Å². The van der Waals surface area contributed by atoms with Gasteiger partial charge < -0.3 is 9.88 Å². The highest BCUT2D eigenvalue weighted by Gasteiger charge is 2.21. The first-order valence-electron chi connectivity index (χ1n) is 7.23. The zero-order valence-electron chi connectivity index (χ0n) is 10.6. The summed E-state index contributed by atoms with van der Waals surface area (Å²) in [7, 11) is 0. The quantitative estimate of drug-likeness (QED) is 0.861. The molecular weight excluding hydrogens is 210 g/mol. The lowest BCUT2D eigenvalue weighted by molar-refractivity contribution is 0.453. The van der Waals surface area contributed by atoms with E-state index in [1.54, 1.807) is 0 Å². The van der Waals surface area contributed by atoms with E-state index in [9.17, 15) is 0 Å². The smallest absolute Gasteiger partial charge is 0.203 e. The molecule has 2 aliphatic carbocycles. The van der Waals surface area contributed by atoms with Gasteiger partial charge in [0.25, 0.3) is 0 Å². The van der Waals surface area contributed by atoms with Crippen LogP contribution in [0.2, 0.25) is 0 Å². The third-order valence-corrected chi connectivity index (χ3v) is 4.33. The van der Waals surface area contributed by atoms with E-state index in [1.807, 2.05) is 6.20 Å². The predicted molar refractivity (Wildman–Crippen MR) is 70.2 cm³/mol. The Bertz CT molecular complexity index is 346. The fourth-order valence-electron chi connectivity index (χ4n) is 3.33. The Morgan fingerprint density at radius 2 is 1.71 bits per heavy atom. The van der Waals surface area contributed by atoms with Gasteiger partial charge in [-0.25, -0.2) is 4.98 Å². The van der Waals surface area contributed by atoms with Crippen molar-refractivity contribution in [2.45, 2.75) is 69.9 Å². The minimum Gasteiger partial charge on any atom is -0.353 e. The number of nitrogens with zero attached hydrogens (tertiary/aromatic N) is 2. The van der Waals surface area contributed by atoms with E-state index in [0.717, 1.165) is 5.95 Å². The summed E-state index contributed by atoms with van der Waals surface area (Å²) in [5.74, 6) is 1.11. The molecule has 0 aromatic carbocycles. The molecule has 2 fully saturated rings. The van der Waals surface area contributed by atoms with E-state index < -0.39 is 0 Å². The van der Waals surface area contributed by atoms with Crippen LogP contribution in [0.15, 0.2) is 12.4 Å². The van der Waals surface area contributed by atoms with E-state index in [1.165, 1.54) is 57.8 Å². The van der Waals surface area contributed by atoms with Crippen molar-refractivity contribution in [2.75, 3.05) is 5.32 Å². The molecule has 17 heavy (non-hydrogen) atoms. The lowest BCUT2D eigenvalue weighted by Gasteiger charge is -2.25. The summed E-state index contributed by atoms with van der Waals surface area (Å²) in [4.78, 5) is 4.51. The monoisotopic (exact) mass is 233 g/mol. The highest BCUT2D eigenvalue weighted by Crippen LogP contribution is 2.32. The van der Waals surface area contributed by atoms with Gasteiger partial charge in [-0.3, -0.25) is 0 Å². The highest BCUT2D eigenvalue weighted by atomic mass is 15.2. The number of hydrogen-bond donors (Lipinski definition) is 1. The van der Waals surface area contributed by atoms with Crippen molar-refractivity contribution in [3.63, 3.8) is 0 Å². The summed E-state index contributed by atoms with van der Waals surface area (Å²) < 4.78 is 2.38. The van der Waals surface area contributed by atoms with Crippen molar-refractivity contribution >= 4 is 5.95 Å². The molecule has 0 spiro atoms. The molecule has 1 aromatic rings. The SMILES string of the molecule is c1cn(C2CCCC2)c(NC2CCCCC2)n1. The normalized spacial score (nSPS) is 23.1. The van der Waals surface area contributed by atoms with E-state index >= 15 is 0 Å². The van der Waals surface area contributed by atoms with E-state index in [4.69, 9.17) is 0 Å². The van der Waals surface area contributed by atoms with Crippen molar-refractivity contribution in [3.8, 4) is 0 Å². The van der Waals surface area contributed by atoms with E-state index in [2.05, 4.69) is 21.1 Å². The van der Waals surface area contributed by atoms with Crippen molar-refractivity contribution in [2.24, 2.45) is 0 Å². The molecule has 0 atom stereocenters. The number of nitrogens with one attached hydrogen (secondary N) is 1. The van der Waals surface area contributed by atoms with Gasteiger partial charge in [-0.1, -0.05) is 32.1 Å². The van der Waals surface area contributed by atoms with Crippen LogP contribution in [0.5, 0.6) is 0 Å². The van der Waals surface area contributed by atoms with Crippen LogP contribution in [-0.2, 0) is 0 Å². The third kappa shape index (κ3) is 2.48. The predicted octanol–water partition coefficient (Wildman–Crippen LogP) is 3.74. The van der Waals surface area contributed by atoms with Gasteiger partial charge in [0, 0.05) is 24.5 Å². The lowest BCUT2D eigenvalue weighted by atomic mass is 9.96. The van der Waals surface area contributed by atoms with Crippen LogP contribution in [0, 0.1) is 0 Å². The second kappa shape index (κ2) is 5.11. The largest absolute Gasteiger partial charge is 0.353 e. The molecule has 3 nitrogen and oxygen atoms in total. The van der Waals surface area contributed by atoms with Crippen LogP contribution >= 0.6 is 0 Å². The van der Waals surface area contributed by atoms with Gasteiger partial charge >= 0.3 is 0 Å². The van der Waals surface area contributed by atoms with Crippen molar-refractivity contribution in [1.82, 2.24) is 9.55 Å². The molecule has 0 amide bonds. The Kier molecular flexibility index (Phi) is 3.34. The molecular formula is C14H23N3. The molecule has 0 bridgehead atoms. The van der Waals surface area contributed by atoms with Gasteiger partial charge in [0.1, 0.15) is 0 Å². The lowest BCUT2D eigenvalue weighted by Crippen LogP contribution is -2.24. The molecule has 1 aromatic heterocycles. The topological polar surface area (TPSA) is 29.9 Å². The van der Waals surface area contributed by atoms with Gasteiger partial charge in [-0.2, -0.15) is 0 Å². The molecule has 1 N–H and O–H groups in total. The highest BCUT2D eigenvalue weighted by molar-refractivity contribution is 5.28. The maximum absolute atomic E-state index is 4.51. The molecule has 0 unspecified atom stereocenters. The number of aromatic nitrogens is 2. The number of hydrogen-bond acceptors (Lipinski definition) is 2. The minimum absolute atomic E-state index is 0.659. The fraction of sp³-hybridized carbons (Fsp3) is 0.786. The third-order valence-electron chi connectivity index (χ3n) is 4.33. The zero-order chi connectivity index (χ0) is 11.5. The summed E-state index contributed by atoms with van der Waals surface area (Å²) in [6.07, 6.45) is 16.3. The number of imidazole rings is 1. The number of rotatable bonds is 3. The van der Waals surface area contributed by atoms with Crippen molar-refractivity contribution < 1.29 is 0 Å². The average Bonchev–Trinajstić information content (AvgIpc) is 3.00. The summed E-state index contributed by atoms with van der Waals surface area (Å²) >= 11 is 0. The summed E-state index contributed by atoms with van der Waals surface area (Å²) in [6, 6.07) is 1.36. The van der Waals surface area contributed by atoms with Crippen LogP contribution in [0.25, 0.3) is 0 Å². The first kappa shape index (κ1) is 11.1. The Balaban J connectivity index is 1.67. The van der Waals surface area contributed by atoms with Crippen LogP contribution < -0.4 is 5.32 Å². The molecule has 0 radical (unpaired) electrons. The Morgan fingerprint density at radius 3 is 2.47 bits per heavy atom. The standard InChI is InChI=1S/C14H23N3/c1-2-6-12(7-3-1)16-14-15-10-11-17(14)13-8-4-5-9-13/h10-13H,1-9H2,(H,15,16). The van der Waals surface area contributed by atoms with Gasteiger partial charge in [-0.15, -0.1) is 0 Å². The van der Waals surface area contributed by atoms with E-state index in [0.29, 0.717) is 12.1 Å². The fourth-order valence-corrected chi connectivity index (χ4v) is 3.33. The maximum Gasteiger partial charge on any atom is 0.203 e. The first-order valence-corrected chi connectivity index (χ1v) is 7.23. The molecule has 0 saturated heterocycles. The van der Waals surface area contributed by atoms with Crippen molar-refractivity contribution in [3.05, 3.63) is 12.4 Å². The Hall–Kier alpha value is -0.990. The minimum atomic E-state index is 0.659. The first-order chi connectivity index (χ1) is 8.43. The number of anilines is 1. The molecule has 3 rings (SSSR count). The molecule has 2 aliphatic rings. The molecule has 94 valence electrons. The Morgan fingerprint density at radius 1 is 1.00 bits per heavy atom. The second-order valence-corrected chi connectivity index (χ2v) is 5.58. The average molecular weight is 233 g/mol. The van der Waals surface area contributed by atoms with Gasteiger partial charge in [0.15, 0.2) is 0 Å². The van der Waals surface area contributed by atoms with Crippen LogP contribution in [0.3, 0.4) is 0 Å². The maximum atomic E-state index is 4.51. The van der Waals surface area contributed by atoms with Gasteiger partial charge in [0.2, 0.25) is 5.95 Å². The second-order valence-electron chi connectivity index (χ2n) is 5.58. The molecule has 3 heteroatoms. The van der Waals surface area contributed by atoms with E-state index in [-0.39, 0.29) is 0 Å². The summed E-state index contributed by atoms with van der Waals surface area (Å²) in [6.45, 7) is 0. The Labute approximate surface area is 104 Å². The summed E-state index contributed by atoms with van der Waals surface area (Å²) in [5.41, 5.74) is 0. The van der Waals surface area contributed by atoms with Crippen LogP contribution in [0.4, 0.5) is 5.95 Å². The molecule has 2 saturated carbocycles. The summed E-state index contributed by atoms with van der Waals surface area (Å²) in [5, 5.41) is 3.66. The zero-order valence-corrected chi connectivity index (χ0v) is 10.6. The molecule has 0 aliphatic heterocycles. The van der Waals surface area contributed by atoms with Crippen LogP contribution in [0.1, 0.15) is 63.8 Å². The van der Waals surface area contributed by atoms with Gasteiger partial charge in [-0.05, 0) is 25.7 Å².